The minimum atomic E-state index is -0.446. The Morgan fingerprint density at radius 1 is 0.897 bits per heavy atom. The first kappa shape index (κ1) is 18.1. The number of hydrogen-bond acceptors (Lipinski definition) is 3. The first-order valence-electron chi connectivity index (χ1n) is 10.3. The average Bonchev–Trinajstić information content (AvgIpc) is 3.31. The SMILES string of the molecule is O[C@H](CNCC[C@H]1C=Nc2ccccc21)Cn1c2ccccc2c2ccccc21. The molecule has 2 N–H and O–H groups in total. The minimum absolute atomic E-state index is 0.369. The predicted octanol–water partition coefficient (Wildman–Crippen LogP) is 4.63. The fraction of sp³-hybridized carbons (Fsp3) is 0.240. The molecule has 1 aliphatic heterocycles. The summed E-state index contributed by atoms with van der Waals surface area (Å²) in [6.07, 6.45) is 2.59. The number of aliphatic imine (C=N–C) groups is 1. The van der Waals surface area contributed by atoms with Gasteiger partial charge in [0.05, 0.1) is 18.3 Å². The normalized spacial score (nSPS) is 16.5. The summed E-state index contributed by atoms with van der Waals surface area (Å²) in [6, 6.07) is 25.2. The van der Waals surface area contributed by atoms with Crippen molar-refractivity contribution in [3.05, 3.63) is 78.4 Å². The monoisotopic (exact) mass is 383 g/mol. The molecule has 5 rings (SSSR count). The first-order valence-corrected chi connectivity index (χ1v) is 10.3. The molecule has 2 heterocycles. The van der Waals surface area contributed by atoms with E-state index in [1.165, 1.54) is 27.4 Å². The van der Waals surface area contributed by atoms with Crippen LogP contribution in [0.15, 0.2) is 77.8 Å². The molecule has 1 aliphatic rings. The Morgan fingerprint density at radius 3 is 2.31 bits per heavy atom. The highest BCUT2D eigenvalue weighted by molar-refractivity contribution is 6.07. The molecule has 3 aromatic carbocycles. The molecule has 0 fully saturated rings. The van der Waals surface area contributed by atoms with Crippen LogP contribution in [-0.2, 0) is 6.54 Å². The van der Waals surface area contributed by atoms with Crippen molar-refractivity contribution in [1.82, 2.24) is 9.88 Å². The third-order valence-electron chi connectivity index (χ3n) is 5.82. The van der Waals surface area contributed by atoms with E-state index in [1.54, 1.807) is 0 Å². The molecule has 1 aromatic heterocycles. The van der Waals surface area contributed by atoms with Crippen LogP contribution in [0.3, 0.4) is 0 Å². The summed E-state index contributed by atoms with van der Waals surface area (Å²) in [4.78, 5) is 4.50. The Balaban J connectivity index is 1.22. The smallest absolute Gasteiger partial charge is 0.0843 e. The second-order valence-corrected chi connectivity index (χ2v) is 7.74. The van der Waals surface area contributed by atoms with Crippen molar-refractivity contribution in [3.8, 4) is 0 Å². The average molecular weight is 383 g/mol. The summed E-state index contributed by atoms with van der Waals surface area (Å²) in [5.41, 5.74) is 4.74. The zero-order valence-electron chi connectivity index (χ0n) is 16.3. The molecular weight excluding hydrogens is 358 g/mol. The fourth-order valence-electron chi connectivity index (χ4n) is 4.40. The summed E-state index contributed by atoms with van der Waals surface area (Å²) in [6.45, 7) is 2.01. The molecule has 0 radical (unpaired) electrons. The third kappa shape index (κ3) is 3.46. The van der Waals surface area contributed by atoms with E-state index in [0.29, 0.717) is 19.0 Å². The quantitative estimate of drug-likeness (QED) is 0.457. The first-order chi connectivity index (χ1) is 14.3. The lowest BCUT2D eigenvalue weighted by Crippen LogP contribution is -2.31. The zero-order chi connectivity index (χ0) is 19.6. The highest BCUT2D eigenvalue weighted by Crippen LogP contribution is 2.33. The van der Waals surface area contributed by atoms with Crippen LogP contribution in [0.4, 0.5) is 5.69 Å². The van der Waals surface area contributed by atoms with Crippen LogP contribution >= 0.6 is 0 Å². The topological polar surface area (TPSA) is 49.5 Å². The van der Waals surface area contributed by atoms with Crippen molar-refractivity contribution < 1.29 is 5.11 Å². The lowest BCUT2D eigenvalue weighted by atomic mass is 9.98. The van der Waals surface area contributed by atoms with Gasteiger partial charge in [-0.2, -0.15) is 0 Å². The van der Waals surface area contributed by atoms with Gasteiger partial charge in [0.1, 0.15) is 0 Å². The second kappa shape index (κ2) is 7.82. The van der Waals surface area contributed by atoms with E-state index in [2.05, 4.69) is 81.6 Å². The molecule has 2 atom stereocenters. The van der Waals surface area contributed by atoms with Crippen molar-refractivity contribution in [3.63, 3.8) is 0 Å². The van der Waals surface area contributed by atoms with Gasteiger partial charge in [0.15, 0.2) is 0 Å². The van der Waals surface area contributed by atoms with Gasteiger partial charge in [-0.15, -0.1) is 0 Å². The number of nitrogens with one attached hydrogen (secondary N) is 1. The summed E-state index contributed by atoms with van der Waals surface area (Å²) < 4.78 is 2.23. The Kier molecular flexibility index (Phi) is 4.88. The molecule has 146 valence electrons. The van der Waals surface area contributed by atoms with Gasteiger partial charge in [-0.25, -0.2) is 0 Å². The molecule has 0 unspecified atom stereocenters. The van der Waals surface area contributed by atoms with Crippen LogP contribution in [0.1, 0.15) is 17.9 Å². The molecular formula is C25H25N3O. The predicted molar refractivity (Wildman–Crippen MR) is 120 cm³/mol. The van der Waals surface area contributed by atoms with Crippen LogP contribution < -0.4 is 5.32 Å². The zero-order valence-corrected chi connectivity index (χ0v) is 16.3. The number of nitrogens with zero attached hydrogens (tertiary/aromatic N) is 2. The molecule has 4 heteroatoms. The number of benzene rings is 3. The minimum Gasteiger partial charge on any atom is -0.390 e. The number of aliphatic hydroxyl groups is 1. The van der Waals surface area contributed by atoms with E-state index in [1.807, 2.05) is 12.3 Å². The highest BCUT2D eigenvalue weighted by Gasteiger charge is 2.18. The Hall–Kier alpha value is -2.95. The Bertz CT molecular complexity index is 1120. The molecule has 0 bridgehead atoms. The lowest BCUT2D eigenvalue weighted by molar-refractivity contribution is 0.154. The molecule has 4 nitrogen and oxygen atoms in total. The molecule has 29 heavy (non-hydrogen) atoms. The largest absolute Gasteiger partial charge is 0.390 e. The number of rotatable bonds is 7. The lowest BCUT2D eigenvalue weighted by Gasteiger charge is -2.16. The highest BCUT2D eigenvalue weighted by atomic mass is 16.3. The molecule has 0 amide bonds. The van der Waals surface area contributed by atoms with Crippen molar-refractivity contribution >= 4 is 33.7 Å². The van der Waals surface area contributed by atoms with Gasteiger partial charge < -0.3 is 15.0 Å². The van der Waals surface area contributed by atoms with Gasteiger partial charge in [0.25, 0.3) is 0 Å². The van der Waals surface area contributed by atoms with Crippen LogP contribution in [0.25, 0.3) is 21.8 Å². The summed E-state index contributed by atoms with van der Waals surface area (Å²) >= 11 is 0. The van der Waals surface area contributed by atoms with Gasteiger partial charge in [-0.05, 0) is 36.7 Å². The van der Waals surface area contributed by atoms with Crippen molar-refractivity contribution in [2.24, 2.45) is 4.99 Å². The fourth-order valence-corrected chi connectivity index (χ4v) is 4.40. The molecule has 4 aromatic rings. The van der Waals surface area contributed by atoms with Gasteiger partial charge in [-0.3, -0.25) is 4.99 Å². The van der Waals surface area contributed by atoms with Gasteiger partial charge in [-0.1, -0.05) is 54.6 Å². The van der Waals surface area contributed by atoms with Crippen LogP contribution in [0.5, 0.6) is 0 Å². The molecule has 0 saturated carbocycles. The molecule has 0 saturated heterocycles. The maximum absolute atomic E-state index is 10.7. The Labute approximate surface area is 170 Å². The summed E-state index contributed by atoms with van der Waals surface area (Å²) in [5, 5.41) is 16.6. The summed E-state index contributed by atoms with van der Waals surface area (Å²) in [5.74, 6) is 0.369. The molecule has 0 spiro atoms. The van der Waals surface area contributed by atoms with E-state index >= 15 is 0 Å². The van der Waals surface area contributed by atoms with E-state index in [4.69, 9.17) is 0 Å². The maximum Gasteiger partial charge on any atom is 0.0843 e. The molecule has 0 aliphatic carbocycles. The van der Waals surface area contributed by atoms with Crippen LogP contribution in [0.2, 0.25) is 0 Å². The third-order valence-corrected chi connectivity index (χ3v) is 5.82. The number of aromatic nitrogens is 1. The number of fused-ring (bicyclic) bond motifs is 4. The van der Waals surface area contributed by atoms with Crippen molar-refractivity contribution in [1.29, 1.82) is 0 Å². The number of aliphatic hydroxyl groups excluding tert-OH is 1. The summed E-state index contributed by atoms with van der Waals surface area (Å²) in [7, 11) is 0. The van der Waals surface area contributed by atoms with E-state index in [0.717, 1.165) is 18.7 Å². The van der Waals surface area contributed by atoms with E-state index in [-0.39, 0.29) is 0 Å². The van der Waals surface area contributed by atoms with Crippen LogP contribution in [-0.4, -0.2) is 35.1 Å². The number of para-hydroxylation sites is 3. The maximum atomic E-state index is 10.7. The number of hydrogen-bond donors (Lipinski definition) is 2. The second-order valence-electron chi connectivity index (χ2n) is 7.74. The Morgan fingerprint density at radius 2 is 1.55 bits per heavy atom. The van der Waals surface area contributed by atoms with Gasteiger partial charge in [0, 0.05) is 40.5 Å². The van der Waals surface area contributed by atoms with Crippen molar-refractivity contribution in [2.45, 2.75) is 25.0 Å². The van der Waals surface area contributed by atoms with E-state index < -0.39 is 6.10 Å². The van der Waals surface area contributed by atoms with Gasteiger partial charge in [0.2, 0.25) is 0 Å². The standard InChI is InChI=1S/C25H25N3O/c29-19(16-26-14-13-18-15-27-23-10-4-1-7-20(18)23)17-28-24-11-5-2-8-21(24)22-9-3-6-12-25(22)28/h1-12,15,18-19,26,29H,13-14,16-17H2/t18-,19+/m0/s1. The van der Waals surface area contributed by atoms with Gasteiger partial charge >= 0.3 is 0 Å². The van der Waals surface area contributed by atoms with Crippen molar-refractivity contribution in [2.75, 3.05) is 13.1 Å². The van der Waals surface area contributed by atoms with E-state index in [9.17, 15) is 5.11 Å². The van der Waals surface area contributed by atoms with Crippen LogP contribution in [0, 0.1) is 0 Å².